The molecule has 1 atom stereocenters. The third-order valence-corrected chi connectivity index (χ3v) is 3.81. The van der Waals surface area contributed by atoms with Gasteiger partial charge in [-0.25, -0.2) is 0 Å². The lowest BCUT2D eigenvalue weighted by atomic mass is 9.95. The lowest BCUT2D eigenvalue weighted by molar-refractivity contribution is 0.191. The van der Waals surface area contributed by atoms with Gasteiger partial charge in [0.05, 0.1) is 6.61 Å². The van der Waals surface area contributed by atoms with E-state index in [0.717, 1.165) is 19.4 Å². The minimum atomic E-state index is 0.234. The fourth-order valence-electron chi connectivity index (χ4n) is 1.88. The molecule has 1 unspecified atom stereocenters. The van der Waals surface area contributed by atoms with Gasteiger partial charge in [-0.3, -0.25) is 0 Å². The van der Waals surface area contributed by atoms with Crippen molar-refractivity contribution in [2.45, 2.75) is 39.3 Å². The van der Waals surface area contributed by atoms with Crippen molar-refractivity contribution in [3.05, 3.63) is 22.4 Å². The Bertz CT molecular complexity index is 244. The second-order valence-electron chi connectivity index (χ2n) is 3.83. The van der Waals surface area contributed by atoms with Crippen LogP contribution < -0.4 is 5.32 Å². The summed E-state index contributed by atoms with van der Waals surface area (Å²) in [6.07, 6.45) is 2.25. The Hall–Kier alpha value is -0.380. The molecule has 15 heavy (non-hydrogen) atoms. The molecule has 0 bridgehead atoms. The summed E-state index contributed by atoms with van der Waals surface area (Å²) in [7, 11) is 0. The number of hydrogen-bond donors (Lipinski definition) is 2. The van der Waals surface area contributed by atoms with Gasteiger partial charge in [0.15, 0.2) is 0 Å². The summed E-state index contributed by atoms with van der Waals surface area (Å²) in [4.78, 5) is 1.33. The van der Waals surface area contributed by atoms with Crippen LogP contribution >= 0.6 is 11.3 Å². The Morgan fingerprint density at radius 2 is 2.13 bits per heavy atom. The van der Waals surface area contributed by atoms with Crippen LogP contribution in [0.25, 0.3) is 0 Å². The zero-order chi connectivity index (χ0) is 11.1. The van der Waals surface area contributed by atoms with Crippen molar-refractivity contribution in [1.82, 2.24) is 5.32 Å². The topological polar surface area (TPSA) is 32.3 Å². The Morgan fingerprint density at radius 3 is 2.60 bits per heavy atom. The second kappa shape index (κ2) is 6.99. The van der Waals surface area contributed by atoms with Gasteiger partial charge in [-0.15, -0.1) is 11.3 Å². The van der Waals surface area contributed by atoms with Crippen LogP contribution in [0.2, 0.25) is 0 Å². The molecule has 2 nitrogen and oxygen atoms in total. The van der Waals surface area contributed by atoms with Crippen LogP contribution in [0.1, 0.15) is 31.6 Å². The van der Waals surface area contributed by atoms with Gasteiger partial charge in [-0.2, -0.15) is 0 Å². The van der Waals surface area contributed by atoms with Crippen molar-refractivity contribution in [3.8, 4) is 0 Å². The Morgan fingerprint density at radius 1 is 1.40 bits per heavy atom. The van der Waals surface area contributed by atoms with E-state index in [1.54, 1.807) is 11.3 Å². The molecule has 0 amide bonds. The van der Waals surface area contributed by atoms with Crippen LogP contribution in [-0.4, -0.2) is 17.8 Å². The van der Waals surface area contributed by atoms with Crippen LogP contribution in [-0.2, 0) is 6.54 Å². The summed E-state index contributed by atoms with van der Waals surface area (Å²) in [6, 6.07) is 4.42. The molecule has 1 heterocycles. The zero-order valence-electron chi connectivity index (χ0n) is 9.57. The summed E-state index contributed by atoms with van der Waals surface area (Å²) < 4.78 is 0. The standard InChI is InChI=1S/C12H21NOS/c1-3-10(4-2)12(9-14)13-8-11-6-5-7-15-11/h5-7,10,12-14H,3-4,8-9H2,1-2H3. The van der Waals surface area contributed by atoms with E-state index in [1.165, 1.54) is 4.88 Å². The molecule has 1 aromatic heterocycles. The summed E-state index contributed by atoms with van der Waals surface area (Å²) in [5.41, 5.74) is 0. The normalized spacial score (nSPS) is 13.3. The molecule has 2 N–H and O–H groups in total. The third-order valence-electron chi connectivity index (χ3n) is 2.93. The molecule has 0 radical (unpaired) electrons. The predicted octanol–water partition coefficient (Wildman–Crippen LogP) is 2.63. The van der Waals surface area contributed by atoms with E-state index in [4.69, 9.17) is 0 Å². The highest BCUT2D eigenvalue weighted by Crippen LogP contribution is 2.14. The maximum Gasteiger partial charge on any atom is 0.0587 e. The number of thiophene rings is 1. The van der Waals surface area contributed by atoms with Gasteiger partial charge in [0, 0.05) is 17.5 Å². The lowest BCUT2D eigenvalue weighted by Gasteiger charge is -2.24. The molecule has 0 aliphatic carbocycles. The Balaban J connectivity index is 2.39. The molecule has 86 valence electrons. The summed E-state index contributed by atoms with van der Waals surface area (Å²) in [5, 5.41) is 14.8. The quantitative estimate of drug-likeness (QED) is 0.750. The van der Waals surface area contributed by atoms with Crippen molar-refractivity contribution in [2.75, 3.05) is 6.61 Å². The van der Waals surface area contributed by atoms with Crippen molar-refractivity contribution in [2.24, 2.45) is 5.92 Å². The van der Waals surface area contributed by atoms with Gasteiger partial charge >= 0.3 is 0 Å². The highest BCUT2D eigenvalue weighted by molar-refractivity contribution is 7.09. The highest BCUT2D eigenvalue weighted by atomic mass is 32.1. The molecule has 3 heteroatoms. The second-order valence-corrected chi connectivity index (χ2v) is 4.86. The van der Waals surface area contributed by atoms with Crippen LogP contribution in [0.5, 0.6) is 0 Å². The molecular weight excluding hydrogens is 206 g/mol. The van der Waals surface area contributed by atoms with Gasteiger partial charge in [-0.1, -0.05) is 32.8 Å². The highest BCUT2D eigenvalue weighted by Gasteiger charge is 2.16. The molecule has 0 saturated heterocycles. The van der Waals surface area contributed by atoms with Crippen molar-refractivity contribution in [3.63, 3.8) is 0 Å². The predicted molar refractivity (Wildman–Crippen MR) is 66.1 cm³/mol. The first-order valence-electron chi connectivity index (χ1n) is 5.68. The van der Waals surface area contributed by atoms with Crippen LogP contribution in [0.3, 0.4) is 0 Å². The SMILES string of the molecule is CCC(CC)C(CO)NCc1cccs1. The first-order valence-corrected chi connectivity index (χ1v) is 6.56. The van der Waals surface area contributed by atoms with E-state index in [0.29, 0.717) is 5.92 Å². The third kappa shape index (κ3) is 3.93. The van der Waals surface area contributed by atoms with Crippen LogP contribution in [0.4, 0.5) is 0 Å². The van der Waals surface area contributed by atoms with Crippen molar-refractivity contribution in [1.29, 1.82) is 0 Å². The Labute approximate surface area is 96.3 Å². The lowest BCUT2D eigenvalue weighted by Crippen LogP contribution is -2.38. The number of nitrogens with one attached hydrogen (secondary N) is 1. The summed E-state index contributed by atoms with van der Waals surface area (Å²) >= 11 is 1.76. The number of rotatable bonds is 7. The Kier molecular flexibility index (Phi) is 5.91. The van der Waals surface area contributed by atoms with Crippen molar-refractivity contribution < 1.29 is 5.11 Å². The fourth-order valence-corrected chi connectivity index (χ4v) is 2.54. The summed E-state index contributed by atoms with van der Waals surface area (Å²) in [5.74, 6) is 0.579. The van der Waals surface area contributed by atoms with Gasteiger partial charge in [0.1, 0.15) is 0 Å². The summed E-state index contributed by atoms with van der Waals surface area (Å²) in [6.45, 7) is 5.48. The van der Waals surface area contributed by atoms with E-state index < -0.39 is 0 Å². The monoisotopic (exact) mass is 227 g/mol. The molecule has 0 fully saturated rings. The van der Waals surface area contributed by atoms with Gasteiger partial charge in [0.2, 0.25) is 0 Å². The van der Waals surface area contributed by atoms with E-state index in [1.807, 2.05) is 0 Å². The molecule has 1 rings (SSSR count). The van der Waals surface area contributed by atoms with Crippen molar-refractivity contribution >= 4 is 11.3 Å². The zero-order valence-corrected chi connectivity index (χ0v) is 10.4. The first kappa shape index (κ1) is 12.7. The number of hydrogen-bond acceptors (Lipinski definition) is 3. The average Bonchev–Trinajstić information content (AvgIpc) is 2.77. The molecule has 0 aliphatic rings. The largest absolute Gasteiger partial charge is 0.395 e. The van der Waals surface area contributed by atoms with Gasteiger partial charge < -0.3 is 10.4 Å². The molecule has 0 aliphatic heterocycles. The smallest absolute Gasteiger partial charge is 0.0587 e. The number of aliphatic hydroxyl groups excluding tert-OH is 1. The van der Waals surface area contributed by atoms with Crippen LogP contribution in [0.15, 0.2) is 17.5 Å². The minimum absolute atomic E-state index is 0.234. The average molecular weight is 227 g/mol. The maximum absolute atomic E-state index is 9.33. The van der Waals surface area contributed by atoms with E-state index in [-0.39, 0.29) is 12.6 Å². The fraction of sp³-hybridized carbons (Fsp3) is 0.667. The van der Waals surface area contributed by atoms with E-state index in [2.05, 4.69) is 36.7 Å². The van der Waals surface area contributed by atoms with E-state index >= 15 is 0 Å². The minimum Gasteiger partial charge on any atom is -0.395 e. The molecule has 1 aromatic rings. The van der Waals surface area contributed by atoms with Gasteiger partial charge in [-0.05, 0) is 17.4 Å². The van der Waals surface area contributed by atoms with E-state index in [9.17, 15) is 5.11 Å². The molecular formula is C12H21NOS. The van der Waals surface area contributed by atoms with Crippen LogP contribution in [0, 0.1) is 5.92 Å². The molecule has 0 saturated carbocycles. The van der Waals surface area contributed by atoms with Gasteiger partial charge in [0.25, 0.3) is 0 Å². The molecule has 0 spiro atoms. The maximum atomic E-state index is 9.33. The molecule has 0 aromatic carbocycles. The number of aliphatic hydroxyl groups is 1. The first-order chi connectivity index (χ1) is 7.31.